The third-order valence-electron chi connectivity index (χ3n) is 2.49. The minimum atomic E-state index is 0.0956. The molecule has 0 spiro atoms. The Morgan fingerprint density at radius 2 is 2.27 bits per heavy atom. The van der Waals surface area contributed by atoms with E-state index in [-0.39, 0.29) is 5.91 Å². The number of nitrogens with zero attached hydrogens (tertiary/aromatic N) is 1. The van der Waals surface area contributed by atoms with Crippen LogP contribution in [0.4, 0.5) is 0 Å². The summed E-state index contributed by atoms with van der Waals surface area (Å²) in [6, 6.07) is 7.70. The summed E-state index contributed by atoms with van der Waals surface area (Å²) in [6.45, 7) is 5.26. The highest BCUT2D eigenvalue weighted by Gasteiger charge is 2.25. The van der Waals surface area contributed by atoms with Crippen LogP contribution in [0.3, 0.4) is 0 Å². The van der Waals surface area contributed by atoms with Crippen LogP contribution in [0.2, 0.25) is 0 Å². The Bertz CT molecular complexity index is 387. The summed E-state index contributed by atoms with van der Waals surface area (Å²) in [5.74, 6) is 0.0956. The van der Waals surface area contributed by atoms with Gasteiger partial charge in [-0.2, -0.15) is 0 Å². The van der Waals surface area contributed by atoms with Gasteiger partial charge in [-0.25, -0.2) is 0 Å². The second-order valence-corrected chi connectivity index (χ2v) is 3.42. The fraction of sp³-hybridized carbons (Fsp3) is 0.250. The molecule has 0 fully saturated rings. The summed E-state index contributed by atoms with van der Waals surface area (Å²) in [6.07, 6.45) is 1.40. The molecule has 1 heterocycles. The van der Waals surface area contributed by atoms with E-state index in [1.807, 2.05) is 24.3 Å². The molecular weight excluding hydrogens is 190 g/mol. The Morgan fingerprint density at radius 3 is 3.00 bits per heavy atom. The summed E-state index contributed by atoms with van der Waals surface area (Å²) >= 11 is 0. The minimum Gasteiger partial charge on any atom is -0.500 e. The van der Waals surface area contributed by atoms with Crippen molar-refractivity contribution >= 4 is 5.91 Å². The van der Waals surface area contributed by atoms with Crippen molar-refractivity contribution in [2.75, 3.05) is 13.2 Å². The summed E-state index contributed by atoms with van der Waals surface area (Å²) in [7, 11) is 0. The number of carbonyl (C=O) groups excluding carboxylic acids is 1. The average Bonchev–Trinajstić information content (AvgIpc) is 2.57. The fourth-order valence-corrected chi connectivity index (χ4v) is 1.74. The van der Waals surface area contributed by atoms with E-state index in [4.69, 9.17) is 4.74 Å². The lowest BCUT2D eigenvalue weighted by Gasteiger charge is -2.14. The second kappa shape index (κ2) is 4.17. The molecule has 3 heteroatoms. The normalized spacial score (nSPS) is 13.9. The minimum absolute atomic E-state index is 0.0956. The highest BCUT2D eigenvalue weighted by molar-refractivity contribution is 5.98. The Balaban J connectivity index is 2.03. The van der Waals surface area contributed by atoms with Crippen LogP contribution >= 0.6 is 0 Å². The fourth-order valence-electron chi connectivity index (χ4n) is 1.74. The quantitative estimate of drug-likeness (QED) is 0.551. The molecule has 0 saturated carbocycles. The molecule has 3 nitrogen and oxygen atoms in total. The maximum absolute atomic E-state index is 11.8. The standard InChI is InChI=1S/C12H13NO2/c1-2-15-8-7-13-9-10-5-3-4-6-11(10)12(13)14/h2-6H,1,7-9H2. The lowest BCUT2D eigenvalue weighted by Crippen LogP contribution is -2.27. The summed E-state index contributed by atoms with van der Waals surface area (Å²) < 4.78 is 5.01. The molecule has 0 aromatic heterocycles. The number of hydrogen-bond donors (Lipinski definition) is 0. The first-order chi connectivity index (χ1) is 7.33. The highest BCUT2D eigenvalue weighted by Crippen LogP contribution is 2.21. The van der Waals surface area contributed by atoms with Gasteiger partial charge in [0.2, 0.25) is 0 Å². The van der Waals surface area contributed by atoms with E-state index in [0.29, 0.717) is 19.7 Å². The zero-order valence-electron chi connectivity index (χ0n) is 8.48. The molecule has 0 radical (unpaired) electrons. The maximum Gasteiger partial charge on any atom is 0.254 e. The van der Waals surface area contributed by atoms with Gasteiger partial charge in [0, 0.05) is 12.1 Å². The molecule has 0 atom stereocenters. The van der Waals surface area contributed by atoms with Crippen molar-refractivity contribution in [3.8, 4) is 0 Å². The van der Waals surface area contributed by atoms with Crippen LogP contribution in [-0.2, 0) is 11.3 Å². The van der Waals surface area contributed by atoms with Gasteiger partial charge in [0.1, 0.15) is 6.61 Å². The third-order valence-corrected chi connectivity index (χ3v) is 2.49. The zero-order chi connectivity index (χ0) is 10.7. The Hall–Kier alpha value is -1.77. The number of fused-ring (bicyclic) bond motifs is 1. The number of benzene rings is 1. The van der Waals surface area contributed by atoms with Crippen molar-refractivity contribution in [1.82, 2.24) is 4.90 Å². The van der Waals surface area contributed by atoms with Crippen LogP contribution in [-0.4, -0.2) is 24.0 Å². The summed E-state index contributed by atoms with van der Waals surface area (Å²) in [5, 5.41) is 0. The van der Waals surface area contributed by atoms with E-state index in [0.717, 1.165) is 11.1 Å². The SMILES string of the molecule is C=COCCN1Cc2ccccc2C1=O. The molecule has 2 rings (SSSR count). The van der Waals surface area contributed by atoms with Crippen LogP contribution in [0.5, 0.6) is 0 Å². The van der Waals surface area contributed by atoms with Crippen molar-refractivity contribution in [2.24, 2.45) is 0 Å². The molecule has 0 bridgehead atoms. The first-order valence-electron chi connectivity index (χ1n) is 4.92. The molecular formula is C12H13NO2. The predicted octanol–water partition coefficient (Wildman–Crippen LogP) is 1.80. The smallest absolute Gasteiger partial charge is 0.254 e. The molecule has 1 aliphatic rings. The number of rotatable bonds is 4. The lowest BCUT2D eigenvalue weighted by molar-refractivity contribution is 0.0738. The van der Waals surface area contributed by atoms with Gasteiger partial charge in [-0.1, -0.05) is 24.8 Å². The molecule has 1 amide bonds. The van der Waals surface area contributed by atoms with E-state index >= 15 is 0 Å². The van der Waals surface area contributed by atoms with E-state index in [2.05, 4.69) is 6.58 Å². The van der Waals surface area contributed by atoms with Crippen molar-refractivity contribution in [3.05, 3.63) is 48.2 Å². The topological polar surface area (TPSA) is 29.5 Å². The Kier molecular flexibility index (Phi) is 2.72. The van der Waals surface area contributed by atoms with Crippen LogP contribution in [0.25, 0.3) is 0 Å². The third kappa shape index (κ3) is 1.86. The largest absolute Gasteiger partial charge is 0.500 e. The number of amides is 1. The van der Waals surface area contributed by atoms with Gasteiger partial charge in [-0.05, 0) is 11.6 Å². The Morgan fingerprint density at radius 1 is 1.47 bits per heavy atom. The molecule has 0 aliphatic carbocycles. The van der Waals surface area contributed by atoms with E-state index in [9.17, 15) is 4.79 Å². The second-order valence-electron chi connectivity index (χ2n) is 3.42. The van der Waals surface area contributed by atoms with Crippen LogP contribution < -0.4 is 0 Å². The predicted molar refractivity (Wildman–Crippen MR) is 57.3 cm³/mol. The molecule has 0 saturated heterocycles. The van der Waals surface area contributed by atoms with Gasteiger partial charge < -0.3 is 9.64 Å². The summed E-state index contributed by atoms with van der Waals surface area (Å²) in [5.41, 5.74) is 1.91. The Labute approximate surface area is 89.0 Å². The van der Waals surface area contributed by atoms with Crippen LogP contribution in [0.15, 0.2) is 37.1 Å². The van der Waals surface area contributed by atoms with E-state index < -0.39 is 0 Å². The number of ether oxygens (including phenoxy) is 1. The summed E-state index contributed by atoms with van der Waals surface area (Å²) in [4.78, 5) is 13.6. The van der Waals surface area contributed by atoms with Gasteiger partial charge >= 0.3 is 0 Å². The van der Waals surface area contributed by atoms with Crippen LogP contribution in [0, 0.1) is 0 Å². The highest BCUT2D eigenvalue weighted by atomic mass is 16.5. The van der Waals surface area contributed by atoms with Gasteiger partial charge in [-0.3, -0.25) is 4.79 Å². The van der Waals surface area contributed by atoms with Gasteiger partial charge in [-0.15, -0.1) is 0 Å². The lowest BCUT2D eigenvalue weighted by atomic mass is 10.1. The van der Waals surface area contributed by atoms with Gasteiger partial charge in [0.25, 0.3) is 5.91 Å². The molecule has 1 aromatic rings. The van der Waals surface area contributed by atoms with Gasteiger partial charge in [0.05, 0.1) is 12.8 Å². The first-order valence-corrected chi connectivity index (χ1v) is 4.92. The molecule has 1 aromatic carbocycles. The number of carbonyl (C=O) groups is 1. The van der Waals surface area contributed by atoms with Crippen LogP contribution in [0.1, 0.15) is 15.9 Å². The molecule has 0 unspecified atom stereocenters. The van der Waals surface area contributed by atoms with Crippen molar-refractivity contribution in [3.63, 3.8) is 0 Å². The van der Waals surface area contributed by atoms with Crippen molar-refractivity contribution in [2.45, 2.75) is 6.54 Å². The molecule has 15 heavy (non-hydrogen) atoms. The molecule has 78 valence electrons. The first kappa shape index (κ1) is 9.77. The van der Waals surface area contributed by atoms with Crippen molar-refractivity contribution in [1.29, 1.82) is 0 Å². The number of hydrogen-bond acceptors (Lipinski definition) is 2. The average molecular weight is 203 g/mol. The van der Waals surface area contributed by atoms with E-state index in [1.165, 1.54) is 6.26 Å². The molecule has 0 N–H and O–H groups in total. The van der Waals surface area contributed by atoms with Gasteiger partial charge in [0.15, 0.2) is 0 Å². The van der Waals surface area contributed by atoms with Crippen molar-refractivity contribution < 1.29 is 9.53 Å². The van der Waals surface area contributed by atoms with E-state index in [1.54, 1.807) is 4.90 Å². The monoisotopic (exact) mass is 203 g/mol. The zero-order valence-corrected chi connectivity index (χ0v) is 8.48. The molecule has 1 aliphatic heterocycles. The maximum atomic E-state index is 11.8.